The number of anilines is 1. The fraction of sp³-hybridized carbons (Fsp3) is 0.556. The van der Waals surface area contributed by atoms with E-state index < -0.39 is 0 Å². The number of rotatable bonds is 5. The summed E-state index contributed by atoms with van der Waals surface area (Å²) in [4.78, 5) is 7.91. The van der Waals surface area contributed by atoms with E-state index in [9.17, 15) is 0 Å². The van der Waals surface area contributed by atoms with E-state index in [4.69, 9.17) is 5.73 Å². The predicted octanol–water partition coefficient (Wildman–Crippen LogP) is 1.02. The van der Waals surface area contributed by atoms with E-state index in [0.717, 1.165) is 18.7 Å². The predicted molar refractivity (Wildman–Crippen MR) is 53.4 cm³/mol. The van der Waals surface area contributed by atoms with Crippen LogP contribution in [0.25, 0.3) is 0 Å². The molecular weight excluding hydrogens is 164 g/mol. The van der Waals surface area contributed by atoms with Crippen LogP contribution in [0.3, 0.4) is 0 Å². The molecule has 0 aliphatic rings. The highest BCUT2D eigenvalue weighted by atomic mass is 15.0. The summed E-state index contributed by atoms with van der Waals surface area (Å²) in [5.41, 5.74) is 5.60. The SMILES string of the molecule is CCCC(CN)Nc1ccncn1. The van der Waals surface area contributed by atoms with E-state index in [1.165, 1.54) is 6.33 Å². The normalized spacial score (nSPS) is 12.5. The fourth-order valence-electron chi connectivity index (χ4n) is 1.18. The van der Waals surface area contributed by atoms with Crippen LogP contribution in [0.15, 0.2) is 18.6 Å². The Kier molecular flexibility index (Phi) is 4.18. The van der Waals surface area contributed by atoms with Crippen molar-refractivity contribution in [3.05, 3.63) is 18.6 Å². The lowest BCUT2D eigenvalue weighted by molar-refractivity contribution is 0.645. The first kappa shape index (κ1) is 9.92. The minimum absolute atomic E-state index is 0.319. The lowest BCUT2D eigenvalue weighted by Gasteiger charge is -2.15. The Labute approximate surface area is 78.6 Å². The van der Waals surface area contributed by atoms with Gasteiger partial charge in [-0.3, -0.25) is 0 Å². The first-order valence-corrected chi connectivity index (χ1v) is 4.59. The smallest absolute Gasteiger partial charge is 0.129 e. The molecule has 1 rings (SSSR count). The Morgan fingerprint density at radius 3 is 3.00 bits per heavy atom. The van der Waals surface area contributed by atoms with E-state index in [0.29, 0.717) is 12.6 Å². The molecule has 0 aromatic carbocycles. The molecule has 1 aromatic rings. The van der Waals surface area contributed by atoms with Gasteiger partial charge in [-0.05, 0) is 12.5 Å². The number of hydrogen-bond donors (Lipinski definition) is 2. The number of aromatic nitrogens is 2. The first-order chi connectivity index (χ1) is 6.36. The highest BCUT2D eigenvalue weighted by Crippen LogP contribution is 2.04. The second-order valence-electron chi connectivity index (χ2n) is 2.96. The van der Waals surface area contributed by atoms with Gasteiger partial charge in [0, 0.05) is 18.8 Å². The Balaban J connectivity index is 2.46. The van der Waals surface area contributed by atoms with Crippen molar-refractivity contribution in [2.75, 3.05) is 11.9 Å². The lowest BCUT2D eigenvalue weighted by Crippen LogP contribution is -2.28. The molecule has 1 heterocycles. The van der Waals surface area contributed by atoms with Crippen molar-refractivity contribution >= 4 is 5.82 Å². The van der Waals surface area contributed by atoms with Crippen LogP contribution in [0.1, 0.15) is 19.8 Å². The zero-order valence-corrected chi connectivity index (χ0v) is 7.90. The highest BCUT2D eigenvalue weighted by molar-refractivity contribution is 5.32. The second-order valence-corrected chi connectivity index (χ2v) is 2.96. The Morgan fingerprint density at radius 2 is 2.46 bits per heavy atom. The van der Waals surface area contributed by atoms with Crippen molar-refractivity contribution < 1.29 is 0 Å². The molecule has 13 heavy (non-hydrogen) atoms. The maximum atomic E-state index is 5.60. The number of nitrogens with zero attached hydrogens (tertiary/aromatic N) is 2. The van der Waals surface area contributed by atoms with E-state index in [1.807, 2.05) is 6.07 Å². The monoisotopic (exact) mass is 180 g/mol. The molecule has 4 nitrogen and oxygen atoms in total. The van der Waals surface area contributed by atoms with Crippen molar-refractivity contribution in [2.45, 2.75) is 25.8 Å². The van der Waals surface area contributed by atoms with E-state index >= 15 is 0 Å². The minimum atomic E-state index is 0.319. The molecule has 0 spiro atoms. The molecule has 3 N–H and O–H groups in total. The van der Waals surface area contributed by atoms with Gasteiger partial charge in [-0.15, -0.1) is 0 Å². The summed E-state index contributed by atoms with van der Waals surface area (Å²) in [5.74, 6) is 0.846. The molecule has 0 aliphatic heterocycles. The third-order valence-electron chi connectivity index (χ3n) is 1.86. The molecule has 1 aromatic heterocycles. The average molecular weight is 180 g/mol. The minimum Gasteiger partial charge on any atom is -0.366 e. The maximum Gasteiger partial charge on any atom is 0.129 e. The number of hydrogen-bond acceptors (Lipinski definition) is 4. The zero-order chi connectivity index (χ0) is 9.52. The van der Waals surface area contributed by atoms with Crippen LogP contribution in [-0.4, -0.2) is 22.6 Å². The van der Waals surface area contributed by atoms with Gasteiger partial charge in [0.05, 0.1) is 0 Å². The van der Waals surface area contributed by atoms with Crippen molar-refractivity contribution in [3.63, 3.8) is 0 Å². The number of nitrogens with one attached hydrogen (secondary N) is 1. The van der Waals surface area contributed by atoms with E-state index in [-0.39, 0.29) is 0 Å². The van der Waals surface area contributed by atoms with Crippen LogP contribution < -0.4 is 11.1 Å². The second kappa shape index (κ2) is 5.48. The summed E-state index contributed by atoms with van der Waals surface area (Å²) in [6, 6.07) is 2.16. The molecular formula is C9H16N4. The van der Waals surface area contributed by atoms with Crippen molar-refractivity contribution in [2.24, 2.45) is 5.73 Å². The van der Waals surface area contributed by atoms with Crippen molar-refractivity contribution in [3.8, 4) is 0 Å². The molecule has 72 valence electrons. The van der Waals surface area contributed by atoms with Crippen LogP contribution in [-0.2, 0) is 0 Å². The Hall–Kier alpha value is -1.16. The van der Waals surface area contributed by atoms with Gasteiger partial charge < -0.3 is 11.1 Å². The quantitative estimate of drug-likeness (QED) is 0.710. The van der Waals surface area contributed by atoms with Gasteiger partial charge in [0.15, 0.2) is 0 Å². The van der Waals surface area contributed by atoms with Crippen LogP contribution in [0.5, 0.6) is 0 Å². The topological polar surface area (TPSA) is 63.8 Å². The number of nitrogens with two attached hydrogens (primary N) is 1. The lowest BCUT2D eigenvalue weighted by atomic mass is 10.2. The molecule has 0 fully saturated rings. The summed E-state index contributed by atoms with van der Waals surface area (Å²) >= 11 is 0. The standard InChI is InChI=1S/C9H16N4/c1-2-3-8(6-10)13-9-4-5-11-7-12-9/h4-5,7-8H,2-3,6,10H2,1H3,(H,11,12,13). The van der Waals surface area contributed by atoms with Crippen LogP contribution in [0, 0.1) is 0 Å². The fourth-order valence-corrected chi connectivity index (χ4v) is 1.18. The van der Waals surface area contributed by atoms with Crippen molar-refractivity contribution in [1.82, 2.24) is 9.97 Å². The van der Waals surface area contributed by atoms with Gasteiger partial charge in [0.2, 0.25) is 0 Å². The highest BCUT2D eigenvalue weighted by Gasteiger charge is 2.04. The molecule has 4 heteroatoms. The Morgan fingerprint density at radius 1 is 1.62 bits per heavy atom. The zero-order valence-electron chi connectivity index (χ0n) is 7.90. The van der Waals surface area contributed by atoms with Crippen LogP contribution in [0.4, 0.5) is 5.82 Å². The third kappa shape index (κ3) is 3.38. The van der Waals surface area contributed by atoms with Gasteiger partial charge in [0.1, 0.15) is 12.1 Å². The molecule has 0 saturated heterocycles. The van der Waals surface area contributed by atoms with Crippen molar-refractivity contribution in [1.29, 1.82) is 0 Å². The summed E-state index contributed by atoms with van der Waals surface area (Å²) in [6.45, 7) is 2.78. The molecule has 1 unspecified atom stereocenters. The summed E-state index contributed by atoms with van der Waals surface area (Å²) in [5, 5.41) is 3.25. The molecule has 0 radical (unpaired) electrons. The summed E-state index contributed by atoms with van der Waals surface area (Å²) in [7, 11) is 0. The molecule has 0 saturated carbocycles. The van der Waals surface area contributed by atoms with Gasteiger partial charge >= 0.3 is 0 Å². The molecule has 1 atom stereocenters. The van der Waals surface area contributed by atoms with E-state index in [2.05, 4.69) is 22.2 Å². The first-order valence-electron chi connectivity index (χ1n) is 4.59. The van der Waals surface area contributed by atoms with Crippen LogP contribution in [0.2, 0.25) is 0 Å². The van der Waals surface area contributed by atoms with Crippen LogP contribution >= 0.6 is 0 Å². The van der Waals surface area contributed by atoms with E-state index in [1.54, 1.807) is 6.20 Å². The third-order valence-corrected chi connectivity index (χ3v) is 1.86. The van der Waals surface area contributed by atoms with Gasteiger partial charge in [-0.25, -0.2) is 9.97 Å². The van der Waals surface area contributed by atoms with Gasteiger partial charge in [-0.1, -0.05) is 13.3 Å². The molecule has 0 aliphatic carbocycles. The molecule has 0 amide bonds. The summed E-state index contributed by atoms with van der Waals surface area (Å²) in [6.07, 6.45) is 5.44. The average Bonchev–Trinajstić information content (AvgIpc) is 2.19. The maximum absolute atomic E-state index is 5.60. The Bertz CT molecular complexity index is 224. The molecule has 0 bridgehead atoms. The summed E-state index contributed by atoms with van der Waals surface area (Å²) < 4.78 is 0. The largest absolute Gasteiger partial charge is 0.366 e. The van der Waals surface area contributed by atoms with Gasteiger partial charge in [-0.2, -0.15) is 0 Å². The van der Waals surface area contributed by atoms with Gasteiger partial charge in [0.25, 0.3) is 0 Å².